The molecule has 1 aliphatic carbocycles. The standard InChI is InChI=1S/C19H16N4O4/c20-10-14-7-13(5-6-21-14)17(24)9-18(25)22-16-8-12(11-1-2-11)3-4-15(16)23-19(26)27/h3-8,11,23H,1-2,9H2,(H,22,25)(H,26,27). The van der Waals surface area contributed by atoms with Gasteiger partial charge in [-0.1, -0.05) is 6.07 Å². The van der Waals surface area contributed by atoms with Crippen LogP contribution in [0.5, 0.6) is 0 Å². The Morgan fingerprint density at radius 1 is 1.15 bits per heavy atom. The number of nitrogens with zero attached hydrogens (tertiary/aromatic N) is 2. The lowest BCUT2D eigenvalue weighted by atomic mass is 10.1. The van der Waals surface area contributed by atoms with Crippen LogP contribution in [0.15, 0.2) is 36.5 Å². The molecule has 8 heteroatoms. The monoisotopic (exact) mass is 364 g/mol. The Bertz CT molecular complexity index is 960. The van der Waals surface area contributed by atoms with Crippen LogP contribution in [0.2, 0.25) is 0 Å². The van der Waals surface area contributed by atoms with Gasteiger partial charge in [-0.3, -0.25) is 14.9 Å². The number of rotatable bonds is 6. The Hall–Kier alpha value is -3.73. The summed E-state index contributed by atoms with van der Waals surface area (Å²) in [4.78, 5) is 39.3. The van der Waals surface area contributed by atoms with E-state index in [9.17, 15) is 14.4 Å². The second-order valence-corrected chi connectivity index (χ2v) is 6.20. The Morgan fingerprint density at radius 3 is 2.59 bits per heavy atom. The van der Waals surface area contributed by atoms with Gasteiger partial charge in [-0.15, -0.1) is 0 Å². The Balaban J connectivity index is 1.74. The predicted molar refractivity (Wildman–Crippen MR) is 96.6 cm³/mol. The molecule has 1 saturated carbocycles. The smallest absolute Gasteiger partial charge is 0.409 e. The lowest BCUT2D eigenvalue weighted by Gasteiger charge is -2.12. The van der Waals surface area contributed by atoms with Gasteiger partial charge in [-0.2, -0.15) is 5.26 Å². The molecule has 27 heavy (non-hydrogen) atoms. The molecule has 0 aliphatic heterocycles. The van der Waals surface area contributed by atoms with Crippen molar-refractivity contribution in [2.24, 2.45) is 0 Å². The molecule has 1 fully saturated rings. The fourth-order valence-corrected chi connectivity index (χ4v) is 2.67. The summed E-state index contributed by atoms with van der Waals surface area (Å²) in [5, 5.41) is 22.6. The molecule has 1 aromatic heterocycles. The minimum absolute atomic E-state index is 0.0892. The van der Waals surface area contributed by atoms with Crippen molar-refractivity contribution in [2.75, 3.05) is 10.6 Å². The first kappa shape index (κ1) is 18.1. The number of ketones is 1. The molecule has 1 aromatic carbocycles. The normalized spacial score (nSPS) is 12.7. The fourth-order valence-electron chi connectivity index (χ4n) is 2.67. The van der Waals surface area contributed by atoms with E-state index in [-0.39, 0.29) is 16.9 Å². The number of amides is 2. The van der Waals surface area contributed by atoms with Crippen molar-refractivity contribution in [3.05, 3.63) is 53.3 Å². The van der Waals surface area contributed by atoms with Gasteiger partial charge < -0.3 is 10.4 Å². The largest absolute Gasteiger partial charge is 0.465 e. The number of hydrogen-bond acceptors (Lipinski definition) is 5. The van der Waals surface area contributed by atoms with Crippen LogP contribution in [-0.2, 0) is 4.79 Å². The van der Waals surface area contributed by atoms with Gasteiger partial charge in [0.1, 0.15) is 11.8 Å². The van der Waals surface area contributed by atoms with Crippen LogP contribution in [0, 0.1) is 11.3 Å². The highest BCUT2D eigenvalue weighted by molar-refractivity contribution is 6.12. The molecule has 0 unspecified atom stereocenters. The van der Waals surface area contributed by atoms with E-state index in [0.717, 1.165) is 18.4 Å². The van der Waals surface area contributed by atoms with Crippen LogP contribution >= 0.6 is 0 Å². The third-order valence-electron chi connectivity index (χ3n) is 4.13. The van der Waals surface area contributed by atoms with Crippen LogP contribution < -0.4 is 10.6 Å². The Labute approximate surface area is 154 Å². The number of hydrogen-bond donors (Lipinski definition) is 3. The highest BCUT2D eigenvalue weighted by atomic mass is 16.4. The second-order valence-electron chi connectivity index (χ2n) is 6.20. The number of benzene rings is 1. The molecule has 3 N–H and O–H groups in total. The van der Waals surface area contributed by atoms with E-state index in [2.05, 4.69) is 15.6 Å². The minimum Gasteiger partial charge on any atom is -0.465 e. The summed E-state index contributed by atoms with van der Waals surface area (Å²) in [5.74, 6) is -0.614. The summed E-state index contributed by atoms with van der Waals surface area (Å²) in [5.41, 5.74) is 1.87. The molecule has 0 saturated heterocycles. The fraction of sp³-hybridized carbons (Fsp3) is 0.211. The van der Waals surface area contributed by atoms with Gasteiger partial charge in [0.25, 0.3) is 0 Å². The van der Waals surface area contributed by atoms with Gasteiger partial charge in [0.05, 0.1) is 17.8 Å². The molecule has 0 bridgehead atoms. The third-order valence-corrected chi connectivity index (χ3v) is 4.13. The number of carbonyl (C=O) groups is 3. The molecule has 136 valence electrons. The first-order valence-electron chi connectivity index (χ1n) is 8.29. The van der Waals surface area contributed by atoms with E-state index in [0.29, 0.717) is 11.6 Å². The second kappa shape index (κ2) is 7.66. The minimum atomic E-state index is -1.25. The quantitative estimate of drug-likeness (QED) is 0.533. The van der Waals surface area contributed by atoms with Crippen LogP contribution in [-0.4, -0.2) is 27.9 Å². The first-order valence-corrected chi connectivity index (χ1v) is 8.29. The topological polar surface area (TPSA) is 132 Å². The van der Waals surface area contributed by atoms with Gasteiger partial charge in [-0.05, 0) is 48.6 Å². The molecule has 0 spiro atoms. The maximum Gasteiger partial charge on any atom is 0.409 e. The van der Waals surface area contributed by atoms with E-state index >= 15 is 0 Å². The lowest BCUT2D eigenvalue weighted by molar-refractivity contribution is -0.115. The number of aromatic nitrogens is 1. The van der Waals surface area contributed by atoms with E-state index in [1.54, 1.807) is 12.1 Å². The predicted octanol–water partition coefficient (Wildman–Crippen LogP) is 3.13. The summed E-state index contributed by atoms with van der Waals surface area (Å²) in [6.07, 6.45) is 1.76. The summed E-state index contributed by atoms with van der Waals surface area (Å²) in [6, 6.07) is 9.74. The molecule has 0 atom stereocenters. The highest BCUT2D eigenvalue weighted by Crippen LogP contribution is 2.42. The van der Waals surface area contributed by atoms with Gasteiger partial charge >= 0.3 is 6.09 Å². The van der Waals surface area contributed by atoms with Gasteiger partial charge in [0.2, 0.25) is 5.91 Å². The average molecular weight is 364 g/mol. The number of nitrogens with one attached hydrogen (secondary N) is 2. The van der Waals surface area contributed by atoms with Gasteiger partial charge in [0.15, 0.2) is 5.78 Å². The van der Waals surface area contributed by atoms with Crippen LogP contribution in [0.3, 0.4) is 0 Å². The van der Waals surface area contributed by atoms with Crippen molar-refractivity contribution in [2.45, 2.75) is 25.2 Å². The molecule has 3 rings (SSSR count). The van der Waals surface area contributed by atoms with Crippen molar-refractivity contribution in [1.82, 2.24) is 4.98 Å². The third kappa shape index (κ3) is 4.67. The molecule has 2 amide bonds. The number of nitriles is 1. The van der Waals surface area contributed by atoms with Crippen molar-refractivity contribution in [3.8, 4) is 6.07 Å². The number of Topliss-reactive ketones (excluding diaryl/α,β-unsaturated/α-hetero) is 1. The number of carbonyl (C=O) groups excluding carboxylic acids is 2. The zero-order valence-corrected chi connectivity index (χ0v) is 14.2. The molecular formula is C19H16N4O4. The maximum atomic E-state index is 12.3. The van der Waals surface area contributed by atoms with Crippen LogP contribution in [0.25, 0.3) is 0 Å². The van der Waals surface area contributed by atoms with Crippen molar-refractivity contribution in [3.63, 3.8) is 0 Å². The zero-order chi connectivity index (χ0) is 19.4. The van der Waals surface area contributed by atoms with Crippen molar-refractivity contribution in [1.29, 1.82) is 5.26 Å². The zero-order valence-electron chi connectivity index (χ0n) is 14.2. The summed E-state index contributed by atoms with van der Waals surface area (Å²) in [6.45, 7) is 0. The van der Waals surface area contributed by atoms with E-state index < -0.39 is 24.2 Å². The summed E-state index contributed by atoms with van der Waals surface area (Å²) >= 11 is 0. The highest BCUT2D eigenvalue weighted by Gasteiger charge is 2.25. The molecule has 1 heterocycles. The molecule has 8 nitrogen and oxygen atoms in total. The molecule has 0 radical (unpaired) electrons. The average Bonchev–Trinajstić information content (AvgIpc) is 3.48. The van der Waals surface area contributed by atoms with E-state index in [4.69, 9.17) is 10.4 Å². The summed E-state index contributed by atoms with van der Waals surface area (Å²) < 4.78 is 0. The van der Waals surface area contributed by atoms with E-state index in [1.165, 1.54) is 18.3 Å². The number of anilines is 2. The number of pyridine rings is 1. The molecule has 2 aromatic rings. The van der Waals surface area contributed by atoms with Crippen LogP contribution in [0.4, 0.5) is 16.2 Å². The maximum absolute atomic E-state index is 12.3. The van der Waals surface area contributed by atoms with Crippen molar-refractivity contribution < 1.29 is 19.5 Å². The van der Waals surface area contributed by atoms with Gasteiger partial charge in [0, 0.05) is 11.8 Å². The molecule has 1 aliphatic rings. The van der Waals surface area contributed by atoms with Gasteiger partial charge in [-0.25, -0.2) is 9.78 Å². The Morgan fingerprint density at radius 2 is 1.93 bits per heavy atom. The molecular weight excluding hydrogens is 348 g/mol. The summed E-state index contributed by atoms with van der Waals surface area (Å²) in [7, 11) is 0. The van der Waals surface area contributed by atoms with Crippen molar-refractivity contribution >= 4 is 29.2 Å². The van der Waals surface area contributed by atoms with Crippen LogP contribution in [0.1, 0.15) is 46.8 Å². The SMILES string of the molecule is N#Cc1cc(C(=O)CC(=O)Nc2cc(C3CC3)ccc2NC(=O)O)ccn1. The first-order chi connectivity index (χ1) is 13.0. The Kier molecular flexibility index (Phi) is 5.13. The number of carboxylic acid groups (broad SMARTS) is 1. The lowest BCUT2D eigenvalue weighted by Crippen LogP contribution is -2.18. The van der Waals surface area contributed by atoms with E-state index in [1.807, 2.05) is 12.1 Å².